The number of aliphatic hydroxyl groups is 1. The van der Waals surface area contributed by atoms with Gasteiger partial charge in [-0.3, -0.25) is 0 Å². The SMILES string of the molecule is Cc1cc(C(C)O)cc(C(F)F)c1O. The second-order valence-corrected chi connectivity index (χ2v) is 3.25. The minimum absolute atomic E-state index is 0.346. The third kappa shape index (κ3) is 2.01. The van der Waals surface area contributed by atoms with Gasteiger partial charge in [0.25, 0.3) is 6.43 Å². The molecule has 0 saturated heterocycles. The molecular formula is C10H12F2O2. The second-order valence-electron chi connectivity index (χ2n) is 3.25. The van der Waals surface area contributed by atoms with Crippen molar-refractivity contribution in [3.05, 3.63) is 28.8 Å². The molecule has 4 heteroatoms. The van der Waals surface area contributed by atoms with Crippen molar-refractivity contribution >= 4 is 0 Å². The van der Waals surface area contributed by atoms with Crippen molar-refractivity contribution in [2.75, 3.05) is 0 Å². The van der Waals surface area contributed by atoms with Crippen LogP contribution in [0.1, 0.15) is 36.1 Å². The van der Waals surface area contributed by atoms with Crippen LogP contribution in [0, 0.1) is 6.92 Å². The molecule has 1 rings (SSSR count). The fraction of sp³-hybridized carbons (Fsp3) is 0.400. The minimum Gasteiger partial charge on any atom is -0.507 e. The van der Waals surface area contributed by atoms with Crippen molar-refractivity contribution in [3.63, 3.8) is 0 Å². The number of benzene rings is 1. The molecule has 0 aliphatic heterocycles. The van der Waals surface area contributed by atoms with Crippen molar-refractivity contribution in [1.29, 1.82) is 0 Å². The summed E-state index contributed by atoms with van der Waals surface area (Å²) in [6.45, 7) is 3.01. The molecule has 1 atom stereocenters. The summed E-state index contributed by atoms with van der Waals surface area (Å²) in [5, 5.41) is 18.5. The average molecular weight is 202 g/mol. The van der Waals surface area contributed by atoms with Gasteiger partial charge in [-0.05, 0) is 37.1 Å². The molecule has 0 radical (unpaired) electrons. The molecule has 0 amide bonds. The number of phenols is 1. The van der Waals surface area contributed by atoms with E-state index in [1.54, 1.807) is 0 Å². The summed E-state index contributed by atoms with van der Waals surface area (Å²) < 4.78 is 24.8. The standard InChI is InChI=1S/C10H12F2O2/c1-5-3-7(6(2)13)4-8(9(5)14)10(11)12/h3-4,6,10,13-14H,1-2H3. The Labute approximate surface area is 80.8 Å². The van der Waals surface area contributed by atoms with Gasteiger partial charge in [-0.1, -0.05) is 0 Å². The van der Waals surface area contributed by atoms with E-state index in [1.807, 2.05) is 0 Å². The van der Waals surface area contributed by atoms with E-state index in [1.165, 1.54) is 19.9 Å². The second kappa shape index (κ2) is 3.92. The van der Waals surface area contributed by atoms with Gasteiger partial charge in [0.15, 0.2) is 0 Å². The van der Waals surface area contributed by atoms with Crippen LogP contribution >= 0.6 is 0 Å². The van der Waals surface area contributed by atoms with Gasteiger partial charge in [-0.25, -0.2) is 8.78 Å². The van der Waals surface area contributed by atoms with E-state index in [9.17, 15) is 19.0 Å². The first kappa shape index (κ1) is 10.9. The number of alkyl halides is 2. The Bertz CT molecular complexity index is 335. The molecule has 0 bridgehead atoms. The Morgan fingerprint density at radius 2 is 1.86 bits per heavy atom. The Balaban J connectivity index is 3.28. The van der Waals surface area contributed by atoms with E-state index in [0.717, 1.165) is 6.07 Å². The number of aromatic hydroxyl groups is 1. The zero-order valence-electron chi connectivity index (χ0n) is 7.96. The van der Waals surface area contributed by atoms with E-state index in [2.05, 4.69) is 0 Å². The van der Waals surface area contributed by atoms with E-state index < -0.39 is 23.8 Å². The van der Waals surface area contributed by atoms with Crippen LogP contribution < -0.4 is 0 Å². The van der Waals surface area contributed by atoms with E-state index in [0.29, 0.717) is 11.1 Å². The summed E-state index contributed by atoms with van der Waals surface area (Å²) >= 11 is 0. The molecule has 0 heterocycles. The van der Waals surface area contributed by atoms with Gasteiger partial charge < -0.3 is 10.2 Å². The molecule has 0 spiro atoms. The quantitative estimate of drug-likeness (QED) is 0.774. The molecule has 0 aromatic heterocycles. The predicted octanol–water partition coefficient (Wildman–Crippen LogP) is 2.69. The van der Waals surface area contributed by atoms with Crippen LogP contribution in [0.2, 0.25) is 0 Å². The maximum atomic E-state index is 12.4. The fourth-order valence-electron chi connectivity index (χ4n) is 1.24. The number of hydrogen-bond acceptors (Lipinski definition) is 2. The maximum Gasteiger partial charge on any atom is 0.267 e. The molecule has 2 N–H and O–H groups in total. The Kier molecular flexibility index (Phi) is 3.06. The van der Waals surface area contributed by atoms with Gasteiger partial charge in [0.05, 0.1) is 11.7 Å². The summed E-state index contributed by atoms with van der Waals surface area (Å²) in [6, 6.07) is 2.61. The minimum atomic E-state index is -2.73. The first-order valence-electron chi connectivity index (χ1n) is 4.23. The lowest BCUT2D eigenvalue weighted by atomic mass is 10.0. The summed E-state index contributed by atoms with van der Waals surface area (Å²) in [7, 11) is 0. The molecule has 2 nitrogen and oxygen atoms in total. The van der Waals surface area contributed by atoms with Crippen LogP contribution in [0.5, 0.6) is 5.75 Å². The number of phenolic OH excluding ortho intramolecular Hbond substituents is 1. The molecule has 1 aromatic rings. The first-order chi connectivity index (χ1) is 6.43. The van der Waals surface area contributed by atoms with Crippen molar-refractivity contribution in [1.82, 2.24) is 0 Å². The van der Waals surface area contributed by atoms with Crippen molar-refractivity contribution in [3.8, 4) is 5.75 Å². The lowest BCUT2D eigenvalue weighted by molar-refractivity contribution is 0.146. The van der Waals surface area contributed by atoms with Gasteiger partial charge in [-0.15, -0.1) is 0 Å². The summed E-state index contributed by atoms with van der Waals surface area (Å²) in [4.78, 5) is 0. The Morgan fingerprint density at radius 3 is 2.29 bits per heavy atom. The number of rotatable bonds is 2. The van der Waals surface area contributed by atoms with Gasteiger partial charge in [0.1, 0.15) is 5.75 Å². The summed E-state index contributed by atoms with van der Waals surface area (Å²) in [5.41, 5.74) is 0.301. The highest BCUT2D eigenvalue weighted by Gasteiger charge is 2.16. The van der Waals surface area contributed by atoms with Gasteiger partial charge >= 0.3 is 0 Å². The van der Waals surface area contributed by atoms with Crippen LogP contribution in [0.15, 0.2) is 12.1 Å². The lowest BCUT2D eigenvalue weighted by Gasteiger charge is -2.11. The van der Waals surface area contributed by atoms with Gasteiger partial charge in [-0.2, -0.15) is 0 Å². The smallest absolute Gasteiger partial charge is 0.267 e. The molecule has 1 unspecified atom stereocenters. The predicted molar refractivity (Wildman–Crippen MR) is 48.4 cm³/mol. The summed E-state index contributed by atoms with van der Waals surface area (Å²) in [6.07, 6.45) is -3.54. The lowest BCUT2D eigenvalue weighted by Crippen LogP contribution is -1.96. The van der Waals surface area contributed by atoms with Crippen LogP contribution in [0.25, 0.3) is 0 Å². The highest BCUT2D eigenvalue weighted by atomic mass is 19.3. The normalized spacial score (nSPS) is 13.3. The first-order valence-corrected chi connectivity index (χ1v) is 4.23. The maximum absolute atomic E-state index is 12.4. The number of hydrogen-bond donors (Lipinski definition) is 2. The highest BCUT2D eigenvalue weighted by molar-refractivity contribution is 5.44. The fourth-order valence-corrected chi connectivity index (χ4v) is 1.24. The molecular weight excluding hydrogens is 190 g/mol. The van der Waals surface area contributed by atoms with E-state index in [4.69, 9.17) is 0 Å². The highest BCUT2D eigenvalue weighted by Crippen LogP contribution is 2.33. The van der Waals surface area contributed by atoms with Crippen molar-refractivity contribution < 1.29 is 19.0 Å². The zero-order chi connectivity index (χ0) is 10.9. The number of aliphatic hydroxyl groups excluding tert-OH is 1. The van der Waals surface area contributed by atoms with Crippen LogP contribution in [0.4, 0.5) is 8.78 Å². The summed E-state index contributed by atoms with van der Waals surface area (Å²) in [5.74, 6) is -0.399. The van der Waals surface area contributed by atoms with E-state index >= 15 is 0 Å². The van der Waals surface area contributed by atoms with E-state index in [-0.39, 0.29) is 0 Å². The van der Waals surface area contributed by atoms with Gasteiger partial charge in [0, 0.05) is 0 Å². The monoisotopic (exact) mass is 202 g/mol. The van der Waals surface area contributed by atoms with Crippen molar-refractivity contribution in [2.45, 2.75) is 26.4 Å². The third-order valence-corrected chi connectivity index (χ3v) is 2.07. The van der Waals surface area contributed by atoms with Crippen molar-refractivity contribution in [2.24, 2.45) is 0 Å². The zero-order valence-corrected chi connectivity index (χ0v) is 7.96. The van der Waals surface area contributed by atoms with Crippen LogP contribution in [0.3, 0.4) is 0 Å². The Morgan fingerprint density at radius 1 is 1.29 bits per heavy atom. The molecule has 0 saturated carbocycles. The molecule has 14 heavy (non-hydrogen) atoms. The molecule has 0 aliphatic carbocycles. The molecule has 78 valence electrons. The average Bonchev–Trinajstić information content (AvgIpc) is 2.08. The molecule has 0 aliphatic rings. The molecule has 0 fully saturated rings. The number of aryl methyl sites for hydroxylation is 1. The Hall–Kier alpha value is -1.16. The largest absolute Gasteiger partial charge is 0.507 e. The molecule has 1 aromatic carbocycles. The topological polar surface area (TPSA) is 40.5 Å². The number of halogens is 2. The third-order valence-electron chi connectivity index (χ3n) is 2.07. The van der Waals surface area contributed by atoms with Gasteiger partial charge in [0.2, 0.25) is 0 Å². The van der Waals surface area contributed by atoms with Crippen LogP contribution in [-0.4, -0.2) is 10.2 Å². The van der Waals surface area contributed by atoms with Crippen LogP contribution in [-0.2, 0) is 0 Å².